The topological polar surface area (TPSA) is 85.3 Å². The van der Waals surface area contributed by atoms with E-state index in [1.807, 2.05) is 30.3 Å². The minimum Gasteiger partial charge on any atom is -0.503 e. The fraction of sp³-hybridized carbons (Fsp3) is 0.379. The SMILES string of the molecule is COCCCN1C(=O)C(O)=C(C(=O)C=Cc2ccccc2)C1c1ccc(OCCC(C)C)c(OC)c1. The number of carbonyl (C=O) groups excluding carboxylic acids is 2. The van der Waals surface area contributed by atoms with Crippen LogP contribution in [0.2, 0.25) is 0 Å². The summed E-state index contributed by atoms with van der Waals surface area (Å²) >= 11 is 0. The van der Waals surface area contributed by atoms with E-state index in [1.54, 1.807) is 38.5 Å². The van der Waals surface area contributed by atoms with Gasteiger partial charge in [0.1, 0.15) is 0 Å². The first-order valence-corrected chi connectivity index (χ1v) is 12.2. The lowest BCUT2D eigenvalue weighted by Gasteiger charge is -2.27. The van der Waals surface area contributed by atoms with Crippen molar-refractivity contribution in [2.24, 2.45) is 5.92 Å². The molecule has 1 N–H and O–H groups in total. The molecule has 0 aliphatic carbocycles. The third-order valence-corrected chi connectivity index (χ3v) is 6.00. The number of ether oxygens (including phenoxy) is 3. The van der Waals surface area contributed by atoms with Crippen molar-refractivity contribution in [3.05, 3.63) is 77.1 Å². The van der Waals surface area contributed by atoms with Gasteiger partial charge in [-0.25, -0.2) is 0 Å². The molecule has 3 rings (SSSR count). The smallest absolute Gasteiger partial charge is 0.290 e. The summed E-state index contributed by atoms with van der Waals surface area (Å²) < 4.78 is 16.6. The highest BCUT2D eigenvalue weighted by atomic mass is 16.5. The molecule has 1 atom stereocenters. The number of rotatable bonds is 13. The van der Waals surface area contributed by atoms with E-state index in [0.717, 1.165) is 12.0 Å². The molecular weight excluding hydrogens is 458 g/mol. The molecule has 0 bridgehead atoms. The molecule has 0 spiro atoms. The summed E-state index contributed by atoms with van der Waals surface area (Å²) in [5.74, 6) is 0.0483. The Hall–Kier alpha value is -3.58. The summed E-state index contributed by atoms with van der Waals surface area (Å²) in [5.41, 5.74) is 1.53. The number of aliphatic hydroxyl groups excluding tert-OH is 1. The zero-order chi connectivity index (χ0) is 26.1. The highest BCUT2D eigenvalue weighted by molar-refractivity contribution is 6.14. The van der Waals surface area contributed by atoms with Crippen LogP contribution in [0.4, 0.5) is 0 Å². The van der Waals surface area contributed by atoms with E-state index < -0.39 is 23.5 Å². The van der Waals surface area contributed by atoms with Crippen LogP contribution in [0, 0.1) is 5.92 Å². The number of ketones is 1. The molecule has 2 aromatic carbocycles. The zero-order valence-electron chi connectivity index (χ0n) is 21.4. The zero-order valence-corrected chi connectivity index (χ0v) is 21.4. The first-order chi connectivity index (χ1) is 17.4. The van der Waals surface area contributed by atoms with E-state index in [1.165, 1.54) is 11.0 Å². The fourth-order valence-electron chi connectivity index (χ4n) is 4.07. The predicted octanol–water partition coefficient (Wildman–Crippen LogP) is 5.13. The highest BCUT2D eigenvalue weighted by Gasteiger charge is 2.42. The molecule has 36 heavy (non-hydrogen) atoms. The molecule has 7 nitrogen and oxygen atoms in total. The number of methoxy groups -OCH3 is 2. The number of hydrogen-bond donors (Lipinski definition) is 1. The molecule has 0 radical (unpaired) electrons. The van der Waals surface area contributed by atoms with Crippen LogP contribution >= 0.6 is 0 Å². The van der Waals surface area contributed by atoms with Crippen molar-refractivity contribution in [1.82, 2.24) is 4.90 Å². The summed E-state index contributed by atoms with van der Waals surface area (Å²) in [6.07, 6.45) is 4.52. The van der Waals surface area contributed by atoms with Crippen LogP contribution in [-0.4, -0.2) is 55.7 Å². The molecule has 1 heterocycles. The lowest BCUT2D eigenvalue weighted by atomic mass is 9.95. The van der Waals surface area contributed by atoms with Crippen molar-refractivity contribution in [3.63, 3.8) is 0 Å². The normalized spacial score (nSPS) is 15.9. The van der Waals surface area contributed by atoms with E-state index >= 15 is 0 Å². The largest absolute Gasteiger partial charge is 0.503 e. The monoisotopic (exact) mass is 493 g/mol. The van der Waals surface area contributed by atoms with Gasteiger partial charge in [0.25, 0.3) is 5.91 Å². The lowest BCUT2D eigenvalue weighted by molar-refractivity contribution is -0.129. The molecular formula is C29H35NO6. The average Bonchev–Trinajstić information content (AvgIpc) is 3.13. The summed E-state index contributed by atoms with van der Waals surface area (Å²) in [6, 6.07) is 14.0. The van der Waals surface area contributed by atoms with Gasteiger partial charge in [-0.1, -0.05) is 56.3 Å². The molecule has 1 aliphatic heterocycles. The maximum Gasteiger partial charge on any atom is 0.290 e. The van der Waals surface area contributed by atoms with E-state index in [-0.39, 0.29) is 5.57 Å². The van der Waals surface area contributed by atoms with Crippen molar-refractivity contribution in [2.75, 3.05) is 34.0 Å². The molecule has 1 unspecified atom stereocenters. The quantitative estimate of drug-likeness (QED) is 0.307. The van der Waals surface area contributed by atoms with Gasteiger partial charge in [-0.2, -0.15) is 0 Å². The average molecular weight is 494 g/mol. The number of allylic oxidation sites excluding steroid dienone is 1. The van der Waals surface area contributed by atoms with Gasteiger partial charge >= 0.3 is 0 Å². The maximum absolute atomic E-state index is 13.3. The Labute approximate surface area is 213 Å². The van der Waals surface area contributed by atoms with Gasteiger partial charge in [0, 0.05) is 20.3 Å². The van der Waals surface area contributed by atoms with Crippen LogP contribution in [0.15, 0.2) is 65.9 Å². The molecule has 1 amide bonds. The van der Waals surface area contributed by atoms with E-state index in [9.17, 15) is 14.7 Å². The first kappa shape index (κ1) is 27.0. The molecule has 2 aromatic rings. The summed E-state index contributed by atoms with van der Waals surface area (Å²) in [5, 5.41) is 10.8. The van der Waals surface area contributed by atoms with Crippen molar-refractivity contribution >= 4 is 17.8 Å². The maximum atomic E-state index is 13.3. The van der Waals surface area contributed by atoms with Crippen molar-refractivity contribution in [3.8, 4) is 11.5 Å². The Balaban J connectivity index is 1.96. The number of nitrogens with zero attached hydrogens (tertiary/aromatic N) is 1. The summed E-state index contributed by atoms with van der Waals surface area (Å²) in [4.78, 5) is 27.8. The van der Waals surface area contributed by atoms with Gasteiger partial charge in [0.05, 0.1) is 25.3 Å². The first-order valence-electron chi connectivity index (χ1n) is 12.2. The number of benzene rings is 2. The van der Waals surface area contributed by atoms with Gasteiger partial charge in [-0.3, -0.25) is 9.59 Å². The molecule has 7 heteroatoms. The minimum absolute atomic E-state index is 0.0418. The third kappa shape index (κ3) is 6.55. The summed E-state index contributed by atoms with van der Waals surface area (Å²) in [7, 11) is 3.14. The van der Waals surface area contributed by atoms with Gasteiger partial charge in [0.2, 0.25) is 0 Å². The number of carbonyl (C=O) groups is 2. The standard InChI is InChI=1S/C29H35NO6/c1-20(2)15-18-36-24-14-12-22(19-25(24)35-4)27-26(23(31)13-11-21-9-6-5-7-10-21)28(32)29(33)30(27)16-8-17-34-3/h5-7,9-14,19-20,27,32H,8,15-18H2,1-4H3. The second kappa shape index (κ2) is 12.9. The highest BCUT2D eigenvalue weighted by Crippen LogP contribution is 2.41. The third-order valence-electron chi connectivity index (χ3n) is 6.00. The molecule has 0 saturated carbocycles. The summed E-state index contributed by atoms with van der Waals surface area (Å²) in [6.45, 7) is 5.56. The van der Waals surface area contributed by atoms with Gasteiger partial charge < -0.3 is 24.2 Å². The lowest BCUT2D eigenvalue weighted by Crippen LogP contribution is -2.32. The van der Waals surface area contributed by atoms with Crippen LogP contribution in [-0.2, 0) is 14.3 Å². The molecule has 0 saturated heterocycles. The van der Waals surface area contributed by atoms with E-state index in [0.29, 0.717) is 49.2 Å². The van der Waals surface area contributed by atoms with Crippen LogP contribution in [0.5, 0.6) is 11.5 Å². The second-order valence-corrected chi connectivity index (χ2v) is 9.06. The van der Waals surface area contributed by atoms with E-state index in [2.05, 4.69) is 13.8 Å². The predicted molar refractivity (Wildman–Crippen MR) is 139 cm³/mol. The van der Waals surface area contributed by atoms with Gasteiger partial charge in [-0.05, 0) is 48.1 Å². The Morgan fingerprint density at radius 1 is 1.08 bits per heavy atom. The molecule has 0 aromatic heterocycles. The second-order valence-electron chi connectivity index (χ2n) is 9.06. The van der Waals surface area contributed by atoms with Crippen LogP contribution in [0.3, 0.4) is 0 Å². The van der Waals surface area contributed by atoms with Gasteiger partial charge in [-0.15, -0.1) is 0 Å². The molecule has 192 valence electrons. The number of amides is 1. The minimum atomic E-state index is -0.763. The van der Waals surface area contributed by atoms with Crippen LogP contribution in [0.1, 0.15) is 43.9 Å². The van der Waals surface area contributed by atoms with Crippen molar-refractivity contribution < 1.29 is 28.9 Å². The van der Waals surface area contributed by atoms with Crippen molar-refractivity contribution in [2.45, 2.75) is 32.7 Å². The molecule has 0 fully saturated rings. The Morgan fingerprint density at radius 3 is 2.50 bits per heavy atom. The van der Waals surface area contributed by atoms with Crippen molar-refractivity contribution in [1.29, 1.82) is 0 Å². The Bertz CT molecular complexity index is 1110. The van der Waals surface area contributed by atoms with Gasteiger partial charge in [0.15, 0.2) is 23.0 Å². The van der Waals surface area contributed by atoms with Crippen LogP contribution < -0.4 is 9.47 Å². The van der Waals surface area contributed by atoms with E-state index in [4.69, 9.17) is 14.2 Å². The molecule has 1 aliphatic rings. The Kier molecular flexibility index (Phi) is 9.70. The number of aliphatic hydroxyl groups is 1. The fourth-order valence-corrected chi connectivity index (χ4v) is 4.07. The Morgan fingerprint density at radius 2 is 1.83 bits per heavy atom. The number of hydrogen-bond acceptors (Lipinski definition) is 6. The van der Waals surface area contributed by atoms with Crippen LogP contribution in [0.25, 0.3) is 6.08 Å².